The van der Waals surface area contributed by atoms with E-state index in [1.165, 1.54) is 22.3 Å². The van der Waals surface area contributed by atoms with Crippen molar-refractivity contribution in [3.8, 4) is 0 Å². The Kier molecular flexibility index (Phi) is 9.61. The van der Waals surface area contributed by atoms with Crippen LogP contribution in [0.4, 0.5) is 0 Å². The van der Waals surface area contributed by atoms with Crippen molar-refractivity contribution < 1.29 is 18.8 Å². The molecule has 4 rings (SSSR count). The van der Waals surface area contributed by atoms with Gasteiger partial charge in [0, 0.05) is 13.2 Å². The predicted molar refractivity (Wildman–Crippen MR) is 151 cm³/mol. The Morgan fingerprint density at radius 2 is 1.03 bits per heavy atom. The molecule has 196 valence electrons. The molecule has 1 saturated heterocycles. The van der Waals surface area contributed by atoms with Gasteiger partial charge in [0.2, 0.25) is 0 Å². The third-order valence-electron chi connectivity index (χ3n) is 7.33. The number of rotatable bonds is 13. The number of ether oxygens (including phenoxy) is 2. The molecule has 3 aromatic carbocycles. The fourth-order valence-electron chi connectivity index (χ4n) is 4.48. The highest BCUT2D eigenvalue weighted by atomic mass is 16.7. The van der Waals surface area contributed by atoms with E-state index < -0.39 is 0 Å². The van der Waals surface area contributed by atoms with Crippen molar-refractivity contribution in [3.05, 3.63) is 101 Å². The van der Waals surface area contributed by atoms with Crippen LogP contribution in [0.25, 0.3) is 0 Å². The second-order valence-electron chi connectivity index (χ2n) is 11.0. The van der Waals surface area contributed by atoms with E-state index in [4.69, 9.17) is 18.8 Å². The minimum absolute atomic E-state index is 0.354. The van der Waals surface area contributed by atoms with Crippen molar-refractivity contribution in [1.82, 2.24) is 0 Å². The maximum Gasteiger partial charge on any atom is 0.494 e. The van der Waals surface area contributed by atoms with Crippen molar-refractivity contribution in [2.75, 3.05) is 13.2 Å². The number of aryl methyl sites for hydroxylation is 2. The first kappa shape index (κ1) is 27.6. The zero-order valence-corrected chi connectivity index (χ0v) is 22.9. The summed E-state index contributed by atoms with van der Waals surface area (Å²) in [6.45, 7) is 11.2. The van der Waals surface area contributed by atoms with Crippen LogP contribution in [0.5, 0.6) is 0 Å². The second kappa shape index (κ2) is 12.9. The summed E-state index contributed by atoms with van der Waals surface area (Å²) in [6, 6.07) is 27.5. The van der Waals surface area contributed by atoms with Gasteiger partial charge in [0.15, 0.2) is 0 Å². The van der Waals surface area contributed by atoms with Crippen LogP contribution in [-0.2, 0) is 44.8 Å². The quantitative estimate of drug-likeness (QED) is 0.204. The molecule has 5 heteroatoms. The molecule has 1 aliphatic rings. The minimum Gasteiger partial charge on any atom is -0.399 e. The van der Waals surface area contributed by atoms with E-state index in [0.29, 0.717) is 13.2 Å². The smallest absolute Gasteiger partial charge is 0.399 e. The summed E-state index contributed by atoms with van der Waals surface area (Å²) < 4.78 is 24.6. The van der Waals surface area contributed by atoms with Gasteiger partial charge in [-0.05, 0) is 81.1 Å². The molecule has 0 N–H and O–H groups in total. The van der Waals surface area contributed by atoms with E-state index in [0.717, 1.165) is 44.4 Å². The summed E-state index contributed by atoms with van der Waals surface area (Å²) in [7, 11) is -0.354. The van der Waals surface area contributed by atoms with Gasteiger partial charge in [-0.15, -0.1) is 0 Å². The van der Waals surface area contributed by atoms with E-state index in [-0.39, 0.29) is 18.3 Å². The minimum atomic E-state index is -0.357. The highest BCUT2D eigenvalue weighted by Crippen LogP contribution is 2.36. The van der Waals surface area contributed by atoms with E-state index in [9.17, 15) is 0 Å². The Labute approximate surface area is 223 Å². The molecule has 1 aliphatic heterocycles. The summed E-state index contributed by atoms with van der Waals surface area (Å²) in [5.41, 5.74) is 5.41. The Hall–Kier alpha value is -2.44. The van der Waals surface area contributed by atoms with E-state index in [2.05, 4.69) is 70.2 Å². The van der Waals surface area contributed by atoms with Crippen LogP contribution >= 0.6 is 0 Å². The van der Waals surface area contributed by atoms with Crippen molar-refractivity contribution in [2.24, 2.45) is 0 Å². The van der Waals surface area contributed by atoms with Gasteiger partial charge >= 0.3 is 7.12 Å². The molecule has 0 amide bonds. The largest absolute Gasteiger partial charge is 0.494 e. The van der Waals surface area contributed by atoms with Crippen LogP contribution in [0.15, 0.2) is 78.9 Å². The molecule has 37 heavy (non-hydrogen) atoms. The first-order valence-electron chi connectivity index (χ1n) is 13.5. The maximum absolute atomic E-state index is 6.37. The lowest BCUT2D eigenvalue weighted by Gasteiger charge is -2.32. The normalized spacial score (nSPS) is 16.3. The van der Waals surface area contributed by atoms with Gasteiger partial charge in [0.25, 0.3) is 0 Å². The van der Waals surface area contributed by atoms with Crippen molar-refractivity contribution in [3.63, 3.8) is 0 Å². The highest BCUT2D eigenvalue weighted by molar-refractivity contribution is 6.62. The molecule has 0 radical (unpaired) electrons. The third-order valence-corrected chi connectivity index (χ3v) is 7.33. The molecule has 1 heterocycles. The van der Waals surface area contributed by atoms with Crippen LogP contribution in [0.3, 0.4) is 0 Å². The Bertz CT molecular complexity index is 1010. The summed E-state index contributed by atoms with van der Waals surface area (Å²) in [5, 5.41) is 0. The fraction of sp³-hybridized carbons (Fsp3) is 0.438. The molecule has 3 aromatic rings. The molecule has 1 fully saturated rings. The molecule has 0 atom stereocenters. The first-order valence-corrected chi connectivity index (χ1v) is 13.5. The van der Waals surface area contributed by atoms with E-state index in [1.807, 2.05) is 36.4 Å². The molecule has 0 unspecified atom stereocenters. The first-order chi connectivity index (χ1) is 17.8. The van der Waals surface area contributed by atoms with Gasteiger partial charge in [-0.3, -0.25) is 0 Å². The maximum atomic E-state index is 6.37. The SMILES string of the molecule is CC1(C)OB(c2cc(CCCOCc3ccccc3)cc(CCCOCc3ccccc3)c2)OC1(C)C. The predicted octanol–water partition coefficient (Wildman–Crippen LogP) is 6.28. The Morgan fingerprint density at radius 3 is 1.46 bits per heavy atom. The third kappa shape index (κ3) is 8.02. The van der Waals surface area contributed by atoms with Crippen LogP contribution in [0, 0.1) is 0 Å². The van der Waals surface area contributed by atoms with Gasteiger partial charge in [-0.1, -0.05) is 78.9 Å². The molecule has 0 saturated carbocycles. The van der Waals surface area contributed by atoms with E-state index >= 15 is 0 Å². The lowest BCUT2D eigenvalue weighted by atomic mass is 9.77. The van der Waals surface area contributed by atoms with Gasteiger partial charge in [-0.2, -0.15) is 0 Å². The summed E-state index contributed by atoms with van der Waals surface area (Å²) >= 11 is 0. The summed E-state index contributed by atoms with van der Waals surface area (Å²) in [5.74, 6) is 0. The number of hydrogen-bond acceptors (Lipinski definition) is 4. The van der Waals surface area contributed by atoms with Crippen molar-refractivity contribution in [2.45, 2.75) is 77.8 Å². The summed E-state index contributed by atoms with van der Waals surface area (Å²) in [4.78, 5) is 0. The van der Waals surface area contributed by atoms with Crippen molar-refractivity contribution in [1.29, 1.82) is 0 Å². The van der Waals surface area contributed by atoms with Crippen molar-refractivity contribution >= 4 is 12.6 Å². The van der Waals surface area contributed by atoms with Gasteiger partial charge in [0.1, 0.15) is 0 Å². The fourth-order valence-corrected chi connectivity index (χ4v) is 4.48. The van der Waals surface area contributed by atoms with Crippen LogP contribution in [0.2, 0.25) is 0 Å². The average Bonchev–Trinajstić information content (AvgIpc) is 3.11. The molecular weight excluding hydrogens is 459 g/mol. The van der Waals surface area contributed by atoms with E-state index in [1.54, 1.807) is 0 Å². The lowest BCUT2D eigenvalue weighted by Crippen LogP contribution is -2.41. The van der Waals surface area contributed by atoms with Crippen LogP contribution < -0.4 is 5.46 Å². The highest BCUT2D eigenvalue weighted by Gasteiger charge is 2.51. The molecular formula is C32H41BO4. The molecule has 0 spiro atoms. The topological polar surface area (TPSA) is 36.9 Å². The summed E-state index contributed by atoms with van der Waals surface area (Å²) in [6.07, 6.45) is 3.86. The standard InChI is InChI=1S/C32H41BO4/c1-31(2)32(3,4)37-33(36-31)30-22-28(17-11-19-34-24-26-13-7-5-8-14-26)21-29(23-30)18-12-20-35-25-27-15-9-6-10-16-27/h5-10,13-16,21-23H,11-12,17-20,24-25H2,1-4H3. The number of hydrogen-bond donors (Lipinski definition) is 0. The van der Waals surface area contributed by atoms with Crippen LogP contribution in [0.1, 0.15) is 62.8 Å². The molecule has 0 bridgehead atoms. The zero-order chi connectivity index (χ0) is 26.1. The monoisotopic (exact) mass is 500 g/mol. The van der Waals surface area contributed by atoms with Crippen LogP contribution in [-0.4, -0.2) is 31.5 Å². The second-order valence-corrected chi connectivity index (χ2v) is 11.0. The van der Waals surface area contributed by atoms with Gasteiger partial charge < -0.3 is 18.8 Å². The average molecular weight is 500 g/mol. The molecule has 0 aromatic heterocycles. The molecule has 0 aliphatic carbocycles. The molecule has 4 nitrogen and oxygen atoms in total. The van der Waals surface area contributed by atoms with Gasteiger partial charge in [0.05, 0.1) is 24.4 Å². The van der Waals surface area contributed by atoms with Gasteiger partial charge in [-0.25, -0.2) is 0 Å². The number of benzene rings is 3. The Balaban J connectivity index is 1.34. The lowest BCUT2D eigenvalue weighted by molar-refractivity contribution is 0.00578. The Morgan fingerprint density at radius 1 is 0.595 bits per heavy atom. The zero-order valence-electron chi connectivity index (χ0n) is 22.9.